The van der Waals surface area contributed by atoms with Crippen LogP contribution in [0, 0.1) is 0 Å². The van der Waals surface area contributed by atoms with Crippen molar-refractivity contribution in [1.29, 1.82) is 0 Å². The fourth-order valence-corrected chi connectivity index (χ4v) is 3.87. The molecular weight excluding hydrogens is 278 g/mol. The van der Waals surface area contributed by atoms with Gasteiger partial charge >= 0.3 is 0 Å². The van der Waals surface area contributed by atoms with E-state index in [9.17, 15) is 8.42 Å². The van der Waals surface area contributed by atoms with Gasteiger partial charge in [0.05, 0.1) is 6.61 Å². The van der Waals surface area contributed by atoms with Crippen molar-refractivity contribution in [2.45, 2.75) is 4.90 Å². The Bertz CT molecular complexity index is 634. The Hall–Kier alpha value is -1.44. The van der Waals surface area contributed by atoms with Crippen LogP contribution in [0.3, 0.4) is 0 Å². The molecule has 0 spiro atoms. The van der Waals surface area contributed by atoms with Crippen LogP contribution < -0.4 is 0 Å². The molecule has 0 aliphatic carbocycles. The highest BCUT2D eigenvalue weighted by molar-refractivity contribution is 7.90. The third-order valence-corrected chi connectivity index (χ3v) is 5.03. The van der Waals surface area contributed by atoms with Crippen LogP contribution >= 0.6 is 0 Å². The lowest BCUT2D eigenvalue weighted by Crippen LogP contribution is -2.49. The van der Waals surface area contributed by atoms with Crippen LogP contribution in [0.15, 0.2) is 33.6 Å². The molecule has 1 aromatic carbocycles. The third-order valence-electron chi connectivity index (χ3n) is 3.70. The van der Waals surface area contributed by atoms with E-state index in [1.807, 2.05) is 11.0 Å². The minimum atomic E-state index is -3.54. The molecule has 0 radical (unpaired) electrons. The van der Waals surface area contributed by atoms with Gasteiger partial charge < -0.3 is 10.0 Å². The van der Waals surface area contributed by atoms with E-state index in [0.717, 1.165) is 26.2 Å². The molecule has 0 bridgehead atoms. The molecule has 3 rings (SSSR count). The molecule has 1 N–H and O–H groups in total. The van der Waals surface area contributed by atoms with Crippen molar-refractivity contribution in [1.82, 2.24) is 9.80 Å². The van der Waals surface area contributed by atoms with Gasteiger partial charge in [-0.25, -0.2) is 0 Å². The van der Waals surface area contributed by atoms with Gasteiger partial charge in [-0.15, -0.1) is 4.40 Å². The summed E-state index contributed by atoms with van der Waals surface area (Å²) in [7, 11) is -3.54. The maximum absolute atomic E-state index is 12.0. The maximum Gasteiger partial charge on any atom is 0.285 e. The molecule has 0 amide bonds. The lowest BCUT2D eigenvalue weighted by Gasteiger charge is -2.35. The van der Waals surface area contributed by atoms with Crippen molar-refractivity contribution in [2.75, 3.05) is 39.3 Å². The number of rotatable bonds is 2. The molecule has 7 heteroatoms. The summed E-state index contributed by atoms with van der Waals surface area (Å²) in [5.41, 5.74) is 0.697. The van der Waals surface area contributed by atoms with E-state index in [1.54, 1.807) is 18.2 Å². The Labute approximate surface area is 118 Å². The largest absolute Gasteiger partial charge is 0.395 e. The van der Waals surface area contributed by atoms with E-state index in [-0.39, 0.29) is 6.61 Å². The minimum Gasteiger partial charge on any atom is -0.395 e. The second-order valence-corrected chi connectivity index (χ2v) is 6.51. The number of aliphatic hydroxyl groups is 1. The zero-order chi connectivity index (χ0) is 14.2. The number of fused-ring (bicyclic) bond motifs is 1. The Morgan fingerprint density at radius 2 is 1.85 bits per heavy atom. The molecule has 0 saturated carbocycles. The van der Waals surface area contributed by atoms with Crippen molar-refractivity contribution in [2.24, 2.45) is 4.40 Å². The average molecular weight is 295 g/mol. The molecule has 6 nitrogen and oxygen atoms in total. The summed E-state index contributed by atoms with van der Waals surface area (Å²) < 4.78 is 28.0. The molecule has 2 heterocycles. The Morgan fingerprint density at radius 1 is 1.15 bits per heavy atom. The van der Waals surface area contributed by atoms with Gasteiger partial charge in [-0.05, 0) is 12.1 Å². The average Bonchev–Trinajstić information content (AvgIpc) is 2.73. The molecular formula is C13H17N3O3S. The van der Waals surface area contributed by atoms with E-state index in [2.05, 4.69) is 9.30 Å². The van der Waals surface area contributed by atoms with E-state index in [4.69, 9.17) is 5.11 Å². The SMILES string of the molecule is O=S1(=O)N=C(N2CCN(CCO)CC2)c2ccccc21. The number of β-amino-alcohol motifs (C(OH)–C–C–N with tert-alkyl or cyclic N) is 1. The first-order valence-electron chi connectivity index (χ1n) is 6.64. The number of amidine groups is 1. The van der Waals surface area contributed by atoms with Crippen molar-refractivity contribution < 1.29 is 13.5 Å². The third kappa shape index (κ3) is 2.32. The first kappa shape index (κ1) is 13.5. The summed E-state index contributed by atoms with van der Waals surface area (Å²) in [5, 5.41) is 8.94. The monoisotopic (exact) mass is 295 g/mol. The predicted octanol–water partition coefficient (Wildman–Crippen LogP) is -0.255. The van der Waals surface area contributed by atoms with Crippen molar-refractivity contribution in [3.63, 3.8) is 0 Å². The minimum absolute atomic E-state index is 0.151. The molecule has 0 atom stereocenters. The lowest BCUT2D eigenvalue weighted by atomic mass is 10.1. The Kier molecular flexibility index (Phi) is 3.49. The molecule has 1 fully saturated rings. The highest BCUT2D eigenvalue weighted by Gasteiger charge is 2.32. The summed E-state index contributed by atoms with van der Waals surface area (Å²) in [5.74, 6) is 0.559. The van der Waals surface area contributed by atoms with Gasteiger partial charge in [-0.2, -0.15) is 8.42 Å². The summed E-state index contributed by atoms with van der Waals surface area (Å²) in [6.45, 7) is 3.88. The molecule has 108 valence electrons. The molecule has 20 heavy (non-hydrogen) atoms. The Morgan fingerprint density at radius 3 is 2.55 bits per heavy atom. The van der Waals surface area contributed by atoms with E-state index in [0.29, 0.717) is 22.8 Å². The topological polar surface area (TPSA) is 73.2 Å². The molecule has 1 aromatic rings. The van der Waals surface area contributed by atoms with Crippen LogP contribution in [0.5, 0.6) is 0 Å². The molecule has 1 saturated heterocycles. The van der Waals surface area contributed by atoms with Crippen LogP contribution in [0.25, 0.3) is 0 Å². The molecule has 0 unspecified atom stereocenters. The fraction of sp³-hybridized carbons (Fsp3) is 0.462. The highest BCUT2D eigenvalue weighted by Crippen LogP contribution is 2.27. The second-order valence-electron chi connectivity index (χ2n) is 4.94. The predicted molar refractivity (Wildman–Crippen MR) is 75.3 cm³/mol. The van der Waals surface area contributed by atoms with Gasteiger partial charge in [0.25, 0.3) is 10.0 Å². The van der Waals surface area contributed by atoms with Gasteiger partial charge in [-0.3, -0.25) is 4.90 Å². The molecule has 0 aromatic heterocycles. The number of benzene rings is 1. The highest BCUT2D eigenvalue weighted by atomic mass is 32.2. The first-order valence-corrected chi connectivity index (χ1v) is 8.08. The van der Waals surface area contributed by atoms with Crippen molar-refractivity contribution in [3.05, 3.63) is 29.8 Å². The lowest BCUT2D eigenvalue weighted by molar-refractivity contribution is 0.147. The summed E-state index contributed by atoms with van der Waals surface area (Å²) >= 11 is 0. The standard InChI is InChI=1S/C13H17N3O3S/c17-10-9-15-5-7-16(8-6-15)13-11-3-1-2-4-12(11)20(18,19)14-13/h1-4,17H,5-10H2. The number of aliphatic hydroxyl groups excluding tert-OH is 1. The van der Waals surface area contributed by atoms with Crippen LogP contribution in [-0.2, 0) is 10.0 Å². The second kappa shape index (κ2) is 5.16. The van der Waals surface area contributed by atoms with Crippen LogP contribution in [-0.4, -0.2) is 68.5 Å². The summed E-state index contributed by atoms with van der Waals surface area (Å²) in [6.07, 6.45) is 0. The number of hydrogen-bond acceptors (Lipinski definition) is 5. The van der Waals surface area contributed by atoms with Crippen LogP contribution in [0.2, 0.25) is 0 Å². The van der Waals surface area contributed by atoms with E-state index >= 15 is 0 Å². The van der Waals surface area contributed by atoms with Crippen LogP contribution in [0.1, 0.15) is 5.56 Å². The number of nitrogens with zero attached hydrogens (tertiary/aromatic N) is 3. The normalized spacial score (nSPS) is 21.6. The summed E-state index contributed by atoms with van der Waals surface area (Å²) in [6, 6.07) is 6.95. The first-order chi connectivity index (χ1) is 9.62. The van der Waals surface area contributed by atoms with Gasteiger partial charge in [0.1, 0.15) is 4.90 Å². The number of hydrogen-bond donors (Lipinski definition) is 1. The fourth-order valence-electron chi connectivity index (χ4n) is 2.64. The van der Waals surface area contributed by atoms with Gasteiger partial charge in [-0.1, -0.05) is 12.1 Å². The number of sulfonamides is 1. The van der Waals surface area contributed by atoms with Gasteiger partial charge in [0.15, 0.2) is 5.84 Å². The van der Waals surface area contributed by atoms with Gasteiger partial charge in [0.2, 0.25) is 0 Å². The maximum atomic E-state index is 12.0. The smallest absolute Gasteiger partial charge is 0.285 e. The van der Waals surface area contributed by atoms with E-state index < -0.39 is 10.0 Å². The Balaban J connectivity index is 1.83. The van der Waals surface area contributed by atoms with Crippen molar-refractivity contribution in [3.8, 4) is 0 Å². The van der Waals surface area contributed by atoms with Crippen LogP contribution in [0.4, 0.5) is 0 Å². The van der Waals surface area contributed by atoms with Gasteiger partial charge in [0, 0.05) is 38.3 Å². The molecule has 2 aliphatic heterocycles. The quantitative estimate of drug-likeness (QED) is 0.814. The van der Waals surface area contributed by atoms with E-state index in [1.165, 1.54) is 0 Å². The zero-order valence-electron chi connectivity index (χ0n) is 11.1. The van der Waals surface area contributed by atoms with Crippen molar-refractivity contribution >= 4 is 15.9 Å². The zero-order valence-corrected chi connectivity index (χ0v) is 11.9. The molecule has 2 aliphatic rings. The summed E-state index contributed by atoms with van der Waals surface area (Å²) in [4.78, 5) is 4.47. The number of piperazine rings is 1.